The van der Waals surface area contributed by atoms with Gasteiger partial charge in [0.15, 0.2) is 11.4 Å². The molecule has 0 aromatic carbocycles. The molecule has 3 rings (SSSR count). The van der Waals surface area contributed by atoms with Crippen LogP contribution in [0.3, 0.4) is 0 Å². The summed E-state index contributed by atoms with van der Waals surface area (Å²) in [4.78, 5) is 24.4. The fourth-order valence-electron chi connectivity index (χ4n) is 2.31. The third-order valence-corrected chi connectivity index (χ3v) is 3.75. The first kappa shape index (κ1) is 10.8. The maximum absolute atomic E-state index is 11.9. The van der Waals surface area contributed by atoms with Gasteiger partial charge in [-0.15, -0.1) is 0 Å². The number of imidazole rings is 1. The quantitative estimate of drug-likeness (QED) is 0.757. The van der Waals surface area contributed by atoms with E-state index in [1.165, 1.54) is 6.33 Å². The standard InChI is InChI=1S/C11H11BrN4O/c12-10-9-11(14-5-13-10)16(6-15-9)7-3-1-2-4-8(7)17/h5-7H,1-4H2. The molecule has 0 radical (unpaired) electrons. The molecule has 0 spiro atoms. The topological polar surface area (TPSA) is 60.7 Å². The second-order valence-corrected chi connectivity index (χ2v) is 4.97. The van der Waals surface area contributed by atoms with Crippen molar-refractivity contribution < 1.29 is 4.79 Å². The summed E-state index contributed by atoms with van der Waals surface area (Å²) in [5.74, 6) is 0.283. The minimum atomic E-state index is -0.101. The van der Waals surface area contributed by atoms with Crippen molar-refractivity contribution in [2.45, 2.75) is 31.7 Å². The Balaban J connectivity index is 2.11. The molecule has 2 aromatic heterocycles. The molecule has 1 aliphatic carbocycles. The van der Waals surface area contributed by atoms with E-state index in [0.717, 1.165) is 24.9 Å². The molecule has 0 aliphatic heterocycles. The van der Waals surface area contributed by atoms with Gasteiger partial charge in [-0.1, -0.05) is 6.42 Å². The average Bonchev–Trinajstić information content (AvgIpc) is 2.75. The molecule has 17 heavy (non-hydrogen) atoms. The van der Waals surface area contributed by atoms with E-state index in [-0.39, 0.29) is 11.8 Å². The zero-order chi connectivity index (χ0) is 11.8. The predicted octanol–water partition coefficient (Wildman–Crippen LogP) is 2.27. The number of carbonyl (C=O) groups excluding carboxylic acids is 1. The number of halogens is 1. The summed E-state index contributed by atoms with van der Waals surface area (Å²) in [5.41, 5.74) is 1.44. The average molecular weight is 295 g/mol. The molecule has 0 amide bonds. The van der Waals surface area contributed by atoms with Gasteiger partial charge in [0.25, 0.3) is 0 Å². The molecule has 5 nitrogen and oxygen atoms in total. The smallest absolute Gasteiger partial charge is 0.165 e. The van der Waals surface area contributed by atoms with E-state index in [4.69, 9.17) is 0 Å². The Hall–Kier alpha value is -1.30. The maximum Gasteiger partial charge on any atom is 0.165 e. The zero-order valence-electron chi connectivity index (χ0n) is 9.14. The minimum Gasteiger partial charge on any atom is -0.305 e. The van der Waals surface area contributed by atoms with E-state index in [0.29, 0.717) is 16.5 Å². The van der Waals surface area contributed by atoms with Gasteiger partial charge in [0.2, 0.25) is 0 Å². The summed E-state index contributed by atoms with van der Waals surface area (Å²) in [5, 5.41) is 0. The van der Waals surface area contributed by atoms with E-state index >= 15 is 0 Å². The van der Waals surface area contributed by atoms with Crippen molar-refractivity contribution in [2.24, 2.45) is 0 Å². The zero-order valence-corrected chi connectivity index (χ0v) is 10.7. The van der Waals surface area contributed by atoms with Crippen LogP contribution < -0.4 is 0 Å². The summed E-state index contributed by atoms with van der Waals surface area (Å²) >= 11 is 3.34. The van der Waals surface area contributed by atoms with Crippen LogP contribution in [0.1, 0.15) is 31.7 Å². The summed E-state index contributed by atoms with van der Waals surface area (Å²) < 4.78 is 2.55. The normalized spacial score (nSPS) is 21.0. The highest BCUT2D eigenvalue weighted by atomic mass is 79.9. The Morgan fingerprint density at radius 1 is 1.29 bits per heavy atom. The summed E-state index contributed by atoms with van der Waals surface area (Å²) in [6.45, 7) is 0. The van der Waals surface area contributed by atoms with Gasteiger partial charge >= 0.3 is 0 Å². The largest absolute Gasteiger partial charge is 0.305 e. The molecule has 0 N–H and O–H groups in total. The van der Waals surface area contributed by atoms with E-state index in [1.54, 1.807) is 6.33 Å². The summed E-state index contributed by atoms with van der Waals surface area (Å²) in [7, 11) is 0. The van der Waals surface area contributed by atoms with Crippen molar-refractivity contribution in [3.63, 3.8) is 0 Å². The lowest BCUT2D eigenvalue weighted by Crippen LogP contribution is -2.22. The number of fused-ring (bicyclic) bond motifs is 1. The minimum absolute atomic E-state index is 0.101. The first-order valence-corrected chi connectivity index (χ1v) is 6.42. The molecule has 88 valence electrons. The molecule has 1 fully saturated rings. The number of nitrogens with zero attached hydrogens (tertiary/aromatic N) is 4. The number of aromatic nitrogens is 4. The summed E-state index contributed by atoms with van der Waals surface area (Å²) in [6.07, 6.45) is 6.81. The highest BCUT2D eigenvalue weighted by Gasteiger charge is 2.25. The highest BCUT2D eigenvalue weighted by molar-refractivity contribution is 9.10. The predicted molar refractivity (Wildman–Crippen MR) is 65.5 cm³/mol. The first-order chi connectivity index (χ1) is 8.27. The molecule has 0 saturated heterocycles. The third-order valence-electron chi connectivity index (χ3n) is 3.17. The molecular weight excluding hydrogens is 284 g/mol. The van der Waals surface area contributed by atoms with Gasteiger partial charge < -0.3 is 4.57 Å². The SMILES string of the molecule is O=C1CCCCC1n1cnc2c(Br)ncnc21. The van der Waals surface area contributed by atoms with Crippen LogP contribution in [-0.4, -0.2) is 25.3 Å². The first-order valence-electron chi connectivity index (χ1n) is 5.63. The lowest BCUT2D eigenvalue weighted by atomic mass is 9.94. The monoisotopic (exact) mass is 294 g/mol. The number of carbonyl (C=O) groups is 1. The number of hydrogen-bond donors (Lipinski definition) is 0. The van der Waals surface area contributed by atoms with E-state index in [1.807, 2.05) is 4.57 Å². The number of ketones is 1. The van der Waals surface area contributed by atoms with Gasteiger partial charge in [-0.25, -0.2) is 15.0 Å². The van der Waals surface area contributed by atoms with E-state index < -0.39 is 0 Å². The number of Topliss-reactive ketones (excluding diaryl/α,β-unsaturated/α-hetero) is 1. The molecule has 1 atom stereocenters. The number of hydrogen-bond acceptors (Lipinski definition) is 4. The maximum atomic E-state index is 11.9. The Labute approximate surface area is 106 Å². The molecule has 0 bridgehead atoms. The number of rotatable bonds is 1. The van der Waals surface area contributed by atoms with Crippen molar-refractivity contribution in [2.75, 3.05) is 0 Å². The third kappa shape index (κ3) is 1.76. The van der Waals surface area contributed by atoms with Gasteiger partial charge in [0.05, 0.1) is 12.4 Å². The van der Waals surface area contributed by atoms with E-state index in [9.17, 15) is 4.79 Å². The molecule has 6 heteroatoms. The van der Waals surface area contributed by atoms with Gasteiger partial charge in [-0.3, -0.25) is 4.79 Å². The second kappa shape index (κ2) is 4.18. The van der Waals surface area contributed by atoms with Crippen LogP contribution in [0.2, 0.25) is 0 Å². The van der Waals surface area contributed by atoms with Crippen LogP contribution in [0.15, 0.2) is 17.3 Å². The van der Waals surface area contributed by atoms with Crippen molar-refractivity contribution in [1.29, 1.82) is 0 Å². The lowest BCUT2D eigenvalue weighted by Gasteiger charge is -2.21. The molecule has 1 saturated carbocycles. The van der Waals surface area contributed by atoms with E-state index in [2.05, 4.69) is 30.9 Å². The van der Waals surface area contributed by atoms with Crippen LogP contribution in [0, 0.1) is 0 Å². The lowest BCUT2D eigenvalue weighted by molar-refractivity contribution is -0.123. The fourth-order valence-corrected chi connectivity index (χ4v) is 2.68. The summed E-state index contributed by atoms with van der Waals surface area (Å²) in [6, 6.07) is -0.101. The van der Waals surface area contributed by atoms with Crippen LogP contribution in [-0.2, 0) is 4.79 Å². The fraction of sp³-hybridized carbons (Fsp3) is 0.455. The van der Waals surface area contributed by atoms with Crippen LogP contribution >= 0.6 is 15.9 Å². The molecule has 1 unspecified atom stereocenters. The molecule has 2 heterocycles. The van der Waals surface area contributed by atoms with Crippen molar-refractivity contribution in [3.05, 3.63) is 17.3 Å². The Morgan fingerprint density at radius 3 is 3.00 bits per heavy atom. The Kier molecular flexibility index (Phi) is 2.66. The Bertz CT molecular complexity index is 580. The van der Waals surface area contributed by atoms with Gasteiger partial charge in [0.1, 0.15) is 16.4 Å². The van der Waals surface area contributed by atoms with Gasteiger partial charge in [-0.05, 0) is 28.8 Å². The molecule has 2 aromatic rings. The van der Waals surface area contributed by atoms with Crippen LogP contribution in [0.4, 0.5) is 0 Å². The van der Waals surface area contributed by atoms with Crippen molar-refractivity contribution >= 4 is 32.9 Å². The van der Waals surface area contributed by atoms with Crippen molar-refractivity contribution in [3.8, 4) is 0 Å². The van der Waals surface area contributed by atoms with Crippen LogP contribution in [0.5, 0.6) is 0 Å². The van der Waals surface area contributed by atoms with Gasteiger partial charge in [0, 0.05) is 6.42 Å². The molecule has 1 aliphatic rings. The highest BCUT2D eigenvalue weighted by Crippen LogP contribution is 2.28. The van der Waals surface area contributed by atoms with Crippen LogP contribution in [0.25, 0.3) is 11.2 Å². The Morgan fingerprint density at radius 2 is 2.18 bits per heavy atom. The van der Waals surface area contributed by atoms with Gasteiger partial charge in [-0.2, -0.15) is 0 Å². The van der Waals surface area contributed by atoms with Crippen molar-refractivity contribution in [1.82, 2.24) is 19.5 Å². The molecular formula is C11H11BrN4O. The second-order valence-electron chi connectivity index (χ2n) is 4.22.